The minimum atomic E-state index is -3.59. The molecule has 1 N–H and O–H groups in total. The van der Waals surface area contributed by atoms with Crippen LogP contribution in [0.3, 0.4) is 0 Å². The average molecular weight is 416 g/mol. The molecule has 1 fully saturated rings. The fourth-order valence-corrected chi connectivity index (χ4v) is 5.94. The number of piperidine rings is 1. The first-order chi connectivity index (χ1) is 13.6. The van der Waals surface area contributed by atoms with Gasteiger partial charge in [0.1, 0.15) is 5.82 Å². The second-order valence-corrected chi connectivity index (χ2v) is 9.80. The summed E-state index contributed by atoms with van der Waals surface area (Å²) in [5.41, 5.74) is 4.40. The summed E-state index contributed by atoms with van der Waals surface area (Å²) in [5.74, 6) is 0.218. The highest BCUT2D eigenvalue weighted by Crippen LogP contribution is 2.31. The fraction of sp³-hybridized carbons (Fsp3) is 0.455. The van der Waals surface area contributed by atoms with E-state index in [9.17, 15) is 13.2 Å². The van der Waals surface area contributed by atoms with E-state index in [4.69, 9.17) is 0 Å². The van der Waals surface area contributed by atoms with Crippen molar-refractivity contribution in [2.24, 2.45) is 5.92 Å². The molecule has 0 atom stereocenters. The van der Waals surface area contributed by atoms with Crippen LogP contribution in [0.2, 0.25) is 0 Å². The Morgan fingerprint density at radius 2 is 1.62 bits per heavy atom. The van der Waals surface area contributed by atoms with Gasteiger partial charge in [-0.2, -0.15) is 4.31 Å². The molecule has 0 spiro atoms. The molecule has 1 aliphatic rings. The molecular weight excluding hydrogens is 386 g/mol. The monoisotopic (exact) mass is 415 g/mol. The number of aryl methyl sites for hydroxylation is 3. The number of nitrogens with zero attached hydrogens (tertiary/aromatic N) is 2. The van der Waals surface area contributed by atoms with E-state index in [1.165, 1.54) is 4.31 Å². The third-order valence-electron chi connectivity index (χ3n) is 5.86. The molecule has 0 aliphatic carbocycles. The Labute approximate surface area is 173 Å². The normalized spacial score (nSPS) is 16.0. The lowest BCUT2D eigenvalue weighted by Gasteiger charge is -2.31. The lowest BCUT2D eigenvalue weighted by molar-refractivity contribution is -0.120. The second kappa shape index (κ2) is 8.24. The van der Waals surface area contributed by atoms with Crippen molar-refractivity contribution in [2.45, 2.75) is 52.4 Å². The first kappa shape index (κ1) is 21.5. The maximum absolute atomic E-state index is 13.4. The standard InChI is InChI=1S/C22H29N3O3S/c1-14-13-15(2)18(5)21(17(14)4)29(27,28)25-11-9-19(10-12-25)22(26)24-20-8-6-7-16(3)23-20/h6-8,13,19H,9-12H2,1-5H3,(H,23,24,26). The molecule has 29 heavy (non-hydrogen) atoms. The number of carbonyl (C=O) groups excluding carboxylic acids is 1. The Hall–Kier alpha value is -2.25. The number of benzene rings is 1. The van der Waals surface area contributed by atoms with Gasteiger partial charge >= 0.3 is 0 Å². The number of aromatic nitrogens is 1. The van der Waals surface area contributed by atoms with E-state index in [1.54, 1.807) is 6.07 Å². The summed E-state index contributed by atoms with van der Waals surface area (Å²) in [6.07, 6.45) is 1.000. The Kier molecular flexibility index (Phi) is 6.10. The summed E-state index contributed by atoms with van der Waals surface area (Å²) in [6, 6.07) is 7.51. The number of anilines is 1. The van der Waals surface area contributed by atoms with Crippen molar-refractivity contribution >= 4 is 21.7 Å². The van der Waals surface area contributed by atoms with Gasteiger partial charge in [0.2, 0.25) is 15.9 Å². The predicted octanol–water partition coefficient (Wildman–Crippen LogP) is 3.66. The molecular formula is C22H29N3O3S. The zero-order valence-electron chi connectivity index (χ0n) is 17.7. The summed E-state index contributed by atoms with van der Waals surface area (Å²) in [6.45, 7) is 10.2. The van der Waals surface area contributed by atoms with Crippen LogP contribution >= 0.6 is 0 Å². The lowest BCUT2D eigenvalue weighted by atomic mass is 9.97. The van der Waals surface area contributed by atoms with Crippen molar-refractivity contribution in [1.29, 1.82) is 0 Å². The molecule has 3 rings (SSSR count). The topological polar surface area (TPSA) is 79.4 Å². The average Bonchev–Trinajstić information content (AvgIpc) is 2.66. The number of amides is 1. The molecule has 1 aliphatic heterocycles. The maximum atomic E-state index is 13.4. The van der Waals surface area contributed by atoms with Gasteiger partial charge in [-0.25, -0.2) is 13.4 Å². The van der Waals surface area contributed by atoms with Gasteiger partial charge in [-0.3, -0.25) is 4.79 Å². The van der Waals surface area contributed by atoms with Crippen LogP contribution in [0, 0.1) is 40.5 Å². The van der Waals surface area contributed by atoms with Gasteiger partial charge in [-0.15, -0.1) is 0 Å². The van der Waals surface area contributed by atoms with Crippen LogP contribution in [0.25, 0.3) is 0 Å². The van der Waals surface area contributed by atoms with E-state index in [2.05, 4.69) is 10.3 Å². The lowest BCUT2D eigenvalue weighted by Crippen LogP contribution is -2.42. The van der Waals surface area contributed by atoms with E-state index >= 15 is 0 Å². The maximum Gasteiger partial charge on any atom is 0.243 e. The van der Waals surface area contributed by atoms with Crippen molar-refractivity contribution in [3.63, 3.8) is 0 Å². The van der Waals surface area contributed by atoms with Crippen LogP contribution in [0.4, 0.5) is 5.82 Å². The summed E-state index contributed by atoms with van der Waals surface area (Å²) >= 11 is 0. The van der Waals surface area contributed by atoms with Crippen molar-refractivity contribution in [3.8, 4) is 0 Å². The molecule has 0 unspecified atom stereocenters. The second-order valence-electron chi connectivity index (χ2n) is 7.92. The van der Waals surface area contributed by atoms with E-state index in [0.29, 0.717) is 36.6 Å². The Bertz CT molecular complexity index is 1010. The minimum absolute atomic E-state index is 0.0982. The van der Waals surface area contributed by atoms with Crippen molar-refractivity contribution in [1.82, 2.24) is 9.29 Å². The number of nitrogens with one attached hydrogen (secondary N) is 1. The third kappa shape index (κ3) is 4.36. The third-order valence-corrected chi connectivity index (χ3v) is 8.03. The molecule has 0 saturated carbocycles. The van der Waals surface area contributed by atoms with E-state index in [1.807, 2.05) is 52.8 Å². The molecule has 0 radical (unpaired) electrons. The SMILES string of the molecule is Cc1cccc(NC(=O)C2CCN(S(=O)(=O)c3c(C)c(C)cc(C)c3C)CC2)n1. The highest BCUT2D eigenvalue weighted by atomic mass is 32.2. The van der Waals surface area contributed by atoms with Crippen LogP contribution in [-0.2, 0) is 14.8 Å². The highest BCUT2D eigenvalue weighted by molar-refractivity contribution is 7.89. The summed E-state index contributed by atoms with van der Waals surface area (Å²) in [4.78, 5) is 17.3. The van der Waals surface area contributed by atoms with Gasteiger partial charge in [0, 0.05) is 24.7 Å². The van der Waals surface area contributed by atoms with Gasteiger partial charge in [-0.1, -0.05) is 12.1 Å². The fourth-order valence-electron chi connectivity index (χ4n) is 3.90. The van der Waals surface area contributed by atoms with Crippen LogP contribution in [0.15, 0.2) is 29.2 Å². The zero-order valence-corrected chi connectivity index (χ0v) is 18.6. The number of pyridine rings is 1. The first-order valence-corrected chi connectivity index (χ1v) is 11.4. The van der Waals surface area contributed by atoms with Gasteiger partial charge in [-0.05, 0) is 81.8 Å². The van der Waals surface area contributed by atoms with Gasteiger partial charge < -0.3 is 5.32 Å². The van der Waals surface area contributed by atoms with Gasteiger partial charge in [0.25, 0.3) is 0 Å². The Morgan fingerprint density at radius 3 is 2.17 bits per heavy atom. The number of rotatable bonds is 4. The van der Waals surface area contributed by atoms with Gasteiger partial charge in [0.05, 0.1) is 4.90 Å². The van der Waals surface area contributed by atoms with Crippen LogP contribution in [0.1, 0.15) is 40.8 Å². The number of hydrogen-bond donors (Lipinski definition) is 1. The van der Waals surface area contributed by atoms with E-state index in [0.717, 1.165) is 27.9 Å². The Balaban J connectivity index is 1.73. The summed E-state index contributed by atoms with van der Waals surface area (Å²) in [7, 11) is -3.59. The molecule has 1 aromatic carbocycles. The minimum Gasteiger partial charge on any atom is -0.310 e. The summed E-state index contributed by atoms with van der Waals surface area (Å²) < 4.78 is 28.2. The van der Waals surface area contributed by atoms with Crippen LogP contribution in [-0.4, -0.2) is 36.7 Å². The molecule has 1 saturated heterocycles. The first-order valence-electron chi connectivity index (χ1n) is 9.93. The predicted molar refractivity (Wildman–Crippen MR) is 114 cm³/mol. The van der Waals surface area contributed by atoms with Crippen molar-refractivity contribution < 1.29 is 13.2 Å². The van der Waals surface area contributed by atoms with Crippen molar-refractivity contribution in [3.05, 3.63) is 52.2 Å². The molecule has 2 aromatic rings. The molecule has 1 amide bonds. The number of sulfonamides is 1. The van der Waals surface area contributed by atoms with E-state index < -0.39 is 10.0 Å². The Morgan fingerprint density at radius 1 is 1.03 bits per heavy atom. The van der Waals surface area contributed by atoms with Crippen LogP contribution < -0.4 is 5.32 Å². The number of hydrogen-bond acceptors (Lipinski definition) is 4. The van der Waals surface area contributed by atoms with Crippen molar-refractivity contribution in [2.75, 3.05) is 18.4 Å². The molecule has 6 nitrogen and oxygen atoms in total. The smallest absolute Gasteiger partial charge is 0.243 e. The molecule has 7 heteroatoms. The molecule has 156 valence electrons. The molecule has 0 bridgehead atoms. The highest BCUT2D eigenvalue weighted by Gasteiger charge is 2.34. The van der Waals surface area contributed by atoms with E-state index in [-0.39, 0.29) is 11.8 Å². The van der Waals surface area contributed by atoms with Crippen LogP contribution in [0.5, 0.6) is 0 Å². The number of carbonyl (C=O) groups is 1. The largest absolute Gasteiger partial charge is 0.310 e. The molecule has 2 heterocycles. The summed E-state index contributed by atoms with van der Waals surface area (Å²) in [5, 5.41) is 2.85. The molecule has 1 aromatic heterocycles. The van der Waals surface area contributed by atoms with Gasteiger partial charge in [0.15, 0.2) is 0 Å². The zero-order chi connectivity index (χ0) is 21.3. The quantitative estimate of drug-likeness (QED) is 0.826.